The van der Waals surface area contributed by atoms with Gasteiger partial charge in [0, 0.05) is 11.8 Å². The minimum Gasteiger partial charge on any atom is -0.463 e. The third-order valence-electron chi connectivity index (χ3n) is 2.17. The van der Waals surface area contributed by atoms with Gasteiger partial charge in [0.1, 0.15) is 18.1 Å². The first-order valence-electron chi connectivity index (χ1n) is 4.41. The van der Waals surface area contributed by atoms with Crippen molar-refractivity contribution >= 4 is 33.2 Å². The van der Waals surface area contributed by atoms with Crippen LogP contribution in [0.3, 0.4) is 0 Å². The Kier molecular flexibility index (Phi) is 2.68. The van der Waals surface area contributed by atoms with E-state index in [2.05, 4.69) is 15.9 Å². The fourth-order valence-corrected chi connectivity index (χ4v) is 1.90. The van der Waals surface area contributed by atoms with Crippen LogP contribution in [0.25, 0.3) is 11.0 Å². The molecular weight excluding hydrogens is 244 g/mol. The SMILES string of the molecule is O=CCCc1cccc2c(Br)coc12. The summed E-state index contributed by atoms with van der Waals surface area (Å²) in [7, 11) is 0. The maximum absolute atomic E-state index is 10.3. The zero-order valence-corrected chi connectivity index (χ0v) is 9.08. The van der Waals surface area contributed by atoms with Gasteiger partial charge in [0.05, 0.1) is 4.47 Å². The van der Waals surface area contributed by atoms with E-state index in [4.69, 9.17) is 4.42 Å². The van der Waals surface area contributed by atoms with Crippen LogP contribution in [-0.4, -0.2) is 6.29 Å². The van der Waals surface area contributed by atoms with Crippen LogP contribution in [0, 0.1) is 0 Å². The van der Waals surface area contributed by atoms with Crippen molar-refractivity contribution in [2.45, 2.75) is 12.8 Å². The molecule has 0 spiro atoms. The number of hydrogen-bond donors (Lipinski definition) is 0. The molecule has 0 atom stereocenters. The van der Waals surface area contributed by atoms with Crippen LogP contribution in [0.4, 0.5) is 0 Å². The van der Waals surface area contributed by atoms with Crippen molar-refractivity contribution in [3.05, 3.63) is 34.5 Å². The Bertz CT molecular complexity index is 459. The predicted molar refractivity (Wildman–Crippen MR) is 58.3 cm³/mol. The van der Waals surface area contributed by atoms with Gasteiger partial charge in [0.2, 0.25) is 0 Å². The Balaban J connectivity index is 2.48. The van der Waals surface area contributed by atoms with Crippen LogP contribution in [0.5, 0.6) is 0 Å². The summed E-state index contributed by atoms with van der Waals surface area (Å²) in [6.07, 6.45) is 3.88. The number of aryl methyl sites for hydroxylation is 1. The zero-order chi connectivity index (χ0) is 9.97. The molecule has 0 saturated carbocycles. The molecule has 14 heavy (non-hydrogen) atoms. The number of aldehydes is 1. The Labute approximate surface area is 90.0 Å². The average molecular weight is 253 g/mol. The van der Waals surface area contributed by atoms with Crippen LogP contribution in [0.15, 0.2) is 33.4 Å². The molecule has 2 rings (SSSR count). The van der Waals surface area contributed by atoms with Gasteiger partial charge in [0.25, 0.3) is 0 Å². The highest BCUT2D eigenvalue weighted by Crippen LogP contribution is 2.28. The van der Waals surface area contributed by atoms with Crippen LogP contribution < -0.4 is 0 Å². The number of rotatable bonds is 3. The topological polar surface area (TPSA) is 30.2 Å². The van der Waals surface area contributed by atoms with Crippen molar-refractivity contribution in [3.8, 4) is 0 Å². The monoisotopic (exact) mass is 252 g/mol. The molecule has 72 valence electrons. The molecule has 0 aliphatic carbocycles. The molecule has 0 fully saturated rings. The van der Waals surface area contributed by atoms with E-state index >= 15 is 0 Å². The molecular formula is C11H9BrO2. The van der Waals surface area contributed by atoms with Gasteiger partial charge >= 0.3 is 0 Å². The van der Waals surface area contributed by atoms with E-state index in [-0.39, 0.29) is 0 Å². The van der Waals surface area contributed by atoms with Crippen LogP contribution in [-0.2, 0) is 11.2 Å². The third-order valence-corrected chi connectivity index (χ3v) is 2.78. The molecule has 0 radical (unpaired) electrons. The number of benzene rings is 1. The van der Waals surface area contributed by atoms with Crippen molar-refractivity contribution in [2.24, 2.45) is 0 Å². The second-order valence-electron chi connectivity index (χ2n) is 3.08. The van der Waals surface area contributed by atoms with Crippen molar-refractivity contribution in [3.63, 3.8) is 0 Å². The molecule has 0 bridgehead atoms. The maximum Gasteiger partial charge on any atom is 0.138 e. The van der Waals surface area contributed by atoms with Crippen molar-refractivity contribution in [1.82, 2.24) is 0 Å². The number of carbonyl (C=O) groups excluding carboxylic acids is 1. The number of para-hydroxylation sites is 1. The van der Waals surface area contributed by atoms with Gasteiger partial charge in [-0.25, -0.2) is 0 Å². The summed E-state index contributed by atoms with van der Waals surface area (Å²) in [6, 6.07) is 5.96. The maximum atomic E-state index is 10.3. The van der Waals surface area contributed by atoms with E-state index in [0.717, 1.165) is 33.7 Å². The van der Waals surface area contributed by atoms with Crippen molar-refractivity contribution in [2.75, 3.05) is 0 Å². The van der Waals surface area contributed by atoms with Gasteiger partial charge in [0.15, 0.2) is 0 Å². The fourth-order valence-electron chi connectivity index (χ4n) is 1.50. The van der Waals surface area contributed by atoms with E-state index < -0.39 is 0 Å². The number of carbonyl (C=O) groups is 1. The Morgan fingerprint density at radius 3 is 3.07 bits per heavy atom. The molecule has 0 aliphatic rings. The van der Waals surface area contributed by atoms with E-state index in [1.54, 1.807) is 6.26 Å². The Hall–Kier alpha value is -1.09. The zero-order valence-electron chi connectivity index (χ0n) is 7.50. The van der Waals surface area contributed by atoms with E-state index in [1.165, 1.54) is 0 Å². The normalized spacial score (nSPS) is 10.6. The van der Waals surface area contributed by atoms with Crippen molar-refractivity contribution < 1.29 is 9.21 Å². The van der Waals surface area contributed by atoms with Gasteiger partial charge in [-0.05, 0) is 34.0 Å². The smallest absolute Gasteiger partial charge is 0.138 e. The molecule has 1 aromatic carbocycles. The lowest BCUT2D eigenvalue weighted by molar-refractivity contribution is -0.107. The standard InChI is InChI=1S/C11H9BrO2/c12-10-7-14-11-8(4-2-6-13)3-1-5-9(10)11/h1,3,5-7H,2,4H2. The highest BCUT2D eigenvalue weighted by molar-refractivity contribution is 9.10. The summed E-state index contributed by atoms with van der Waals surface area (Å²) < 4.78 is 6.37. The minimum absolute atomic E-state index is 0.539. The Morgan fingerprint density at radius 1 is 1.43 bits per heavy atom. The third kappa shape index (κ3) is 1.60. The molecule has 0 unspecified atom stereocenters. The van der Waals surface area contributed by atoms with Gasteiger partial charge in [-0.3, -0.25) is 0 Å². The summed E-state index contributed by atoms with van der Waals surface area (Å²) in [5, 5.41) is 1.06. The first kappa shape index (κ1) is 9.46. The van der Waals surface area contributed by atoms with Gasteiger partial charge in [-0.2, -0.15) is 0 Å². The first-order chi connectivity index (χ1) is 6.83. The van der Waals surface area contributed by atoms with E-state index in [1.807, 2.05) is 18.2 Å². The molecule has 0 amide bonds. The largest absolute Gasteiger partial charge is 0.463 e. The summed E-state index contributed by atoms with van der Waals surface area (Å²) in [5.41, 5.74) is 1.96. The van der Waals surface area contributed by atoms with Gasteiger partial charge < -0.3 is 9.21 Å². The lowest BCUT2D eigenvalue weighted by atomic mass is 10.1. The number of furan rings is 1. The molecule has 0 N–H and O–H groups in total. The molecule has 2 aromatic rings. The Morgan fingerprint density at radius 2 is 2.29 bits per heavy atom. The second kappa shape index (κ2) is 3.96. The van der Waals surface area contributed by atoms with Crippen molar-refractivity contribution in [1.29, 1.82) is 0 Å². The summed E-state index contributed by atoms with van der Waals surface area (Å²) >= 11 is 3.41. The number of fused-ring (bicyclic) bond motifs is 1. The molecule has 2 nitrogen and oxygen atoms in total. The molecule has 3 heteroatoms. The van der Waals surface area contributed by atoms with E-state index in [0.29, 0.717) is 6.42 Å². The molecule has 0 saturated heterocycles. The summed E-state index contributed by atoms with van der Waals surface area (Å²) in [5.74, 6) is 0. The molecule has 1 heterocycles. The highest BCUT2D eigenvalue weighted by atomic mass is 79.9. The van der Waals surface area contributed by atoms with Gasteiger partial charge in [-0.1, -0.05) is 12.1 Å². The predicted octanol–water partition coefficient (Wildman–Crippen LogP) is 3.33. The van der Waals surface area contributed by atoms with Crippen LogP contribution >= 0.6 is 15.9 Å². The molecule has 0 aliphatic heterocycles. The van der Waals surface area contributed by atoms with Crippen LogP contribution in [0.2, 0.25) is 0 Å². The number of hydrogen-bond acceptors (Lipinski definition) is 2. The quantitative estimate of drug-likeness (QED) is 0.785. The summed E-state index contributed by atoms with van der Waals surface area (Å²) in [4.78, 5) is 10.3. The lowest BCUT2D eigenvalue weighted by Crippen LogP contribution is -1.86. The number of halogens is 1. The first-order valence-corrected chi connectivity index (χ1v) is 5.20. The fraction of sp³-hybridized carbons (Fsp3) is 0.182. The van der Waals surface area contributed by atoms with Gasteiger partial charge in [-0.15, -0.1) is 0 Å². The summed E-state index contributed by atoms with van der Waals surface area (Å²) in [6.45, 7) is 0. The highest BCUT2D eigenvalue weighted by Gasteiger charge is 2.06. The lowest BCUT2D eigenvalue weighted by Gasteiger charge is -1.98. The van der Waals surface area contributed by atoms with Crippen LogP contribution in [0.1, 0.15) is 12.0 Å². The molecule has 1 aromatic heterocycles. The minimum atomic E-state index is 0.539. The average Bonchev–Trinajstić information content (AvgIpc) is 2.58. The second-order valence-corrected chi connectivity index (χ2v) is 3.94. The van der Waals surface area contributed by atoms with E-state index in [9.17, 15) is 4.79 Å².